The van der Waals surface area contributed by atoms with E-state index in [-0.39, 0.29) is 0 Å². The van der Waals surface area contributed by atoms with Crippen LogP contribution in [0.2, 0.25) is 0 Å². The third kappa shape index (κ3) is 8.63. The Hall–Kier alpha value is 0.310. The molecule has 2 heteroatoms. The van der Waals surface area contributed by atoms with Crippen LogP contribution < -0.4 is 5.32 Å². The molecule has 13 heavy (non-hydrogen) atoms. The second-order valence-electron chi connectivity index (χ2n) is 3.61. The zero-order chi connectivity index (χ0) is 9.94. The van der Waals surface area contributed by atoms with Crippen molar-refractivity contribution in [1.82, 2.24) is 5.32 Å². The number of hydrogen-bond acceptors (Lipinski definition) is 2. The Morgan fingerprint density at radius 3 is 2.62 bits per heavy atom. The average molecular weight is 203 g/mol. The summed E-state index contributed by atoms with van der Waals surface area (Å²) in [6.07, 6.45) is 7.62. The van der Waals surface area contributed by atoms with Crippen LogP contribution in [0.1, 0.15) is 39.5 Å². The molecule has 1 N–H and O–H groups in total. The van der Waals surface area contributed by atoms with Crippen molar-refractivity contribution >= 4 is 11.8 Å². The van der Waals surface area contributed by atoms with E-state index >= 15 is 0 Å². The summed E-state index contributed by atoms with van der Waals surface area (Å²) < 4.78 is 0. The largest absolute Gasteiger partial charge is 0.316 e. The summed E-state index contributed by atoms with van der Waals surface area (Å²) in [6, 6.07) is 0. The molecule has 0 radical (unpaired) electrons. The standard InChI is InChI=1S/C11H25NS/c1-4-6-7-11(5-2)10-12-8-9-13-3/h11-12H,4-10H2,1-3H3. The lowest BCUT2D eigenvalue weighted by atomic mass is 9.99. The predicted octanol–water partition coefficient (Wildman–Crippen LogP) is 3.16. The lowest BCUT2D eigenvalue weighted by molar-refractivity contribution is 0.425. The zero-order valence-corrected chi connectivity index (χ0v) is 10.3. The van der Waals surface area contributed by atoms with E-state index < -0.39 is 0 Å². The van der Waals surface area contributed by atoms with Crippen molar-refractivity contribution in [3.05, 3.63) is 0 Å². The molecule has 0 saturated heterocycles. The first-order chi connectivity index (χ1) is 6.35. The smallest absolute Gasteiger partial charge is 0.00553 e. The first kappa shape index (κ1) is 13.3. The van der Waals surface area contributed by atoms with Crippen LogP contribution >= 0.6 is 11.8 Å². The molecule has 1 unspecified atom stereocenters. The highest BCUT2D eigenvalue weighted by Crippen LogP contribution is 2.10. The normalized spacial score (nSPS) is 13.2. The van der Waals surface area contributed by atoms with Gasteiger partial charge < -0.3 is 5.32 Å². The number of thioether (sulfide) groups is 1. The minimum atomic E-state index is 0.904. The number of nitrogens with one attached hydrogen (secondary N) is 1. The van der Waals surface area contributed by atoms with Gasteiger partial charge in [0.2, 0.25) is 0 Å². The molecule has 0 heterocycles. The summed E-state index contributed by atoms with van der Waals surface area (Å²) in [6.45, 7) is 6.96. The molecule has 0 aromatic heterocycles. The molecule has 0 aromatic rings. The summed E-state index contributed by atoms with van der Waals surface area (Å²) in [5, 5.41) is 3.53. The number of unbranched alkanes of at least 4 members (excludes halogenated alkanes) is 1. The average Bonchev–Trinajstić information content (AvgIpc) is 2.17. The Labute approximate surface area is 88.1 Å². The van der Waals surface area contributed by atoms with Gasteiger partial charge in [0.1, 0.15) is 0 Å². The van der Waals surface area contributed by atoms with Crippen LogP contribution in [0.25, 0.3) is 0 Å². The summed E-state index contributed by atoms with van der Waals surface area (Å²) in [5.41, 5.74) is 0. The van der Waals surface area contributed by atoms with Crippen LogP contribution in [-0.2, 0) is 0 Å². The maximum absolute atomic E-state index is 3.53. The van der Waals surface area contributed by atoms with Gasteiger partial charge in [0.25, 0.3) is 0 Å². The molecule has 1 atom stereocenters. The van der Waals surface area contributed by atoms with Crippen molar-refractivity contribution in [2.24, 2.45) is 5.92 Å². The molecule has 0 amide bonds. The second-order valence-corrected chi connectivity index (χ2v) is 4.60. The van der Waals surface area contributed by atoms with E-state index in [2.05, 4.69) is 25.4 Å². The minimum Gasteiger partial charge on any atom is -0.316 e. The highest BCUT2D eigenvalue weighted by molar-refractivity contribution is 7.98. The van der Waals surface area contributed by atoms with E-state index in [1.807, 2.05) is 11.8 Å². The highest BCUT2D eigenvalue weighted by atomic mass is 32.2. The Balaban J connectivity index is 3.25. The molecule has 1 nitrogen and oxygen atoms in total. The van der Waals surface area contributed by atoms with Crippen molar-refractivity contribution in [3.63, 3.8) is 0 Å². The number of hydrogen-bond donors (Lipinski definition) is 1. The summed E-state index contributed by atoms with van der Waals surface area (Å²) in [5.74, 6) is 2.14. The summed E-state index contributed by atoms with van der Waals surface area (Å²) >= 11 is 1.92. The molecule has 0 aliphatic carbocycles. The molecular weight excluding hydrogens is 178 g/mol. The molecule has 0 saturated carbocycles. The van der Waals surface area contributed by atoms with E-state index in [1.165, 1.54) is 44.5 Å². The van der Waals surface area contributed by atoms with Gasteiger partial charge in [0.05, 0.1) is 0 Å². The van der Waals surface area contributed by atoms with Crippen LogP contribution in [-0.4, -0.2) is 25.1 Å². The fourth-order valence-electron chi connectivity index (χ4n) is 1.42. The van der Waals surface area contributed by atoms with E-state index in [0.29, 0.717) is 0 Å². The van der Waals surface area contributed by atoms with Gasteiger partial charge in [-0.25, -0.2) is 0 Å². The Bertz CT molecular complexity index is 96.1. The van der Waals surface area contributed by atoms with Gasteiger partial charge in [-0.2, -0.15) is 11.8 Å². The maximum Gasteiger partial charge on any atom is 0.00553 e. The fourth-order valence-corrected chi connectivity index (χ4v) is 1.77. The monoisotopic (exact) mass is 203 g/mol. The molecule has 0 rings (SSSR count). The lowest BCUT2D eigenvalue weighted by Gasteiger charge is -2.14. The van der Waals surface area contributed by atoms with Crippen LogP contribution in [0, 0.1) is 5.92 Å². The van der Waals surface area contributed by atoms with Crippen LogP contribution in [0.3, 0.4) is 0 Å². The Morgan fingerprint density at radius 1 is 1.31 bits per heavy atom. The van der Waals surface area contributed by atoms with Gasteiger partial charge in [-0.3, -0.25) is 0 Å². The van der Waals surface area contributed by atoms with Crippen LogP contribution in [0.5, 0.6) is 0 Å². The van der Waals surface area contributed by atoms with Gasteiger partial charge in [-0.1, -0.05) is 33.1 Å². The van der Waals surface area contributed by atoms with E-state index in [4.69, 9.17) is 0 Å². The van der Waals surface area contributed by atoms with Crippen molar-refractivity contribution in [3.8, 4) is 0 Å². The first-order valence-electron chi connectivity index (χ1n) is 5.54. The summed E-state index contributed by atoms with van der Waals surface area (Å²) in [7, 11) is 0. The van der Waals surface area contributed by atoms with Gasteiger partial charge in [0.15, 0.2) is 0 Å². The molecule has 0 bridgehead atoms. The van der Waals surface area contributed by atoms with Crippen molar-refractivity contribution in [1.29, 1.82) is 0 Å². The molecule has 0 aliphatic rings. The zero-order valence-electron chi connectivity index (χ0n) is 9.44. The highest BCUT2D eigenvalue weighted by Gasteiger charge is 2.03. The van der Waals surface area contributed by atoms with E-state index in [1.54, 1.807) is 0 Å². The quantitative estimate of drug-likeness (QED) is 0.578. The molecule has 0 aromatic carbocycles. The Morgan fingerprint density at radius 2 is 2.08 bits per heavy atom. The van der Waals surface area contributed by atoms with Crippen molar-refractivity contribution in [2.75, 3.05) is 25.1 Å². The van der Waals surface area contributed by atoms with Gasteiger partial charge in [-0.05, 0) is 25.1 Å². The van der Waals surface area contributed by atoms with Crippen molar-refractivity contribution < 1.29 is 0 Å². The fraction of sp³-hybridized carbons (Fsp3) is 1.00. The molecule has 0 aliphatic heterocycles. The van der Waals surface area contributed by atoms with Crippen molar-refractivity contribution in [2.45, 2.75) is 39.5 Å². The van der Waals surface area contributed by atoms with Gasteiger partial charge >= 0.3 is 0 Å². The predicted molar refractivity (Wildman–Crippen MR) is 64.6 cm³/mol. The third-order valence-corrected chi connectivity index (χ3v) is 3.07. The SMILES string of the molecule is CCCCC(CC)CNCCSC. The van der Waals surface area contributed by atoms with E-state index in [0.717, 1.165) is 5.92 Å². The third-order valence-electron chi connectivity index (χ3n) is 2.46. The van der Waals surface area contributed by atoms with Gasteiger partial charge in [-0.15, -0.1) is 0 Å². The van der Waals surface area contributed by atoms with E-state index in [9.17, 15) is 0 Å². The first-order valence-corrected chi connectivity index (χ1v) is 6.94. The Kier molecular flexibility index (Phi) is 10.6. The molecule has 0 spiro atoms. The minimum absolute atomic E-state index is 0.904. The summed E-state index contributed by atoms with van der Waals surface area (Å²) in [4.78, 5) is 0. The van der Waals surface area contributed by atoms with Gasteiger partial charge in [0, 0.05) is 12.3 Å². The molecule has 80 valence electrons. The van der Waals surface area contributed by atoms with Crippen LogP contribution in [0.15, 0.2) is 0 Å². The second kappa shape index (κ2) is 10.4. The molecular formula is C11H25NS. The number of rotatable bonds is 9. The lowest BCUT2D eigenvalue weighted by Crippen LogP contribution is -2.24. The van der Waals surface area contributed by atoms with Crippen LogP contribution in [0.4, 0.5) is 0 Å². The maximum atomic E-state index is 3.53. The molecule has 0 fully saturated rings. The topological polar surface area (TPSA) is 12.0 Å².